The van der Waals surface area contributed by atoms with E-state index < -0.39 is 11.0 Å². The second kappa shape index (κ2) is 13.2. The molecule has 3 heterocycles. The average molecular weight is 603 g/mol. The molecule has 4 aliphatic rings. The van der Waals surface area contributed by atoms with Crippen molar-refractivity contribution < 1.29 is 14.7 Å². The van der Waals surface area contributed by atoms with E-state index in [1.165, 1.54) is 32.1 Å². The van der Waals surface area contributed by atoms with Crippen LogP contribution in [0.5, 0.6) is 0 Å². The molecule has 2 aliphatic heterocycles. The van der Waals surface area contributed by atoms with Gasteiger partial charge in [-0.2, -0.15) is 0 Å². The number of piperazine rings is 1. The number of benzene rings is 1. The van der Waals surface area contributed by atoms with Crippen molar-refractivity contribution >= 4 is 11.8 Å². The summed E-state index contributed by atoms with van der Waals surface area (Å²) in [5.41, 5.74) is 0.139. The summed E-state index contributed by atoms with van der Waals surface area (Å²) in [4.78, 5) is 45.2. The Bertz CT molecular complexity index is 1370. The fourth-order valence-corrected chi connectivity index (χ4v) is 8.67. The van der Waals surface area contributed by atoms with Crippen LogP contribution >= 0.6 is 0 Å². The summed E-state index contributed by atoms with van der Waals surface area (Å²) in [6, 6.07) is 11.2. The second-order valence-electron chi connectivity index (χ2n) is 14.1. The topological polar surface area (TPSA) is 94.9 Å². The minimum absolute atomic E-state index is 0.00514. The molecule has 2 aromatic rings. The lowest BCUT2D eigenvalue weighted by molar-refractivity contribution is -0.163. The highest BCUT2D eigenvalue weighted by atomic mass is 16.3. The molecule has 1 aromatic carbocycles. The smallest absolute Gasteiger partial charge is 0.256 e. The Labute approximate surface area is 261 Å². The predicted molar refractivity (Wildman–Crippen MR) is 172 cm³/mol. The van der Waals surface area contributed by atoms with Crippen molar-refractivity contribution in [3.05, 3.63) is 58.5 Å². The van der Waals surface area contributed by atoms with Crippen LogP contribution in [0.1, 0.15) is 87.9 Å². The molecule has 2 amide bonds. The van der Waals surface area contributed by atoms with Crippen LogP contribution in [0.25, 0.3) is 11.1 Å². The van der Waals surface area contributed by atoms with Gasteiger partial charge in [-0.05, 0) is 37.2 Å². The zero-order chi connectivity index (χ0) is 30.7. The van der Waals surface area contributed by atoms with Gasteiger partial charge in [0, 0.05) is 68.4 Å². The van der Waals surface area contributed by atoms with E-state index in [2.05, 4.69) is 12.2 Å². The van der Waals surface area contributed by atoms with E-state index in [4.69, 9.17) is 0 Å². The number of hydrogen-bond acceptors (Lipinski definition) is 5. The summed E-state index contributed by atoms with van der Waals surface area (Å²) >= 11 is 0. The number of aromatic nitrogens is 1. The van der Waals surface area contributed by atoms with E-state index in [0.29, 0.717) is 49.6 Å². The van der Waals surface area contributed by atoms with Crippen LogP contribution in [-0.4, -0.2) is 76.2 Å². The van der Waals surface area contributed by atoms with Gasteiger partial charge in [0.1, 0.15) is 0 Å². The average Bonchev–Trinajstić information content (AvgIpc) is 3.54. The van der Waals surface area contributed by atoms with Gasteiger partial charge in [0.05, 0.1) is 17.7 Å². The highest BCUT2D eigenvalue weighted by Gasteiger charge is 2.56. The second-order valence-corrected chi connectivity index (χ2v) is 14.1. The molecule has 6 rings (SSSR count). The third-order valence-electron chi connectivity index (χ3n) is 11.3. The number of rotatable bonds is 7. The van der Waals surface area contributed by atoms with Gasteiger partial charge in [0.2, 0.25) is 5.91 Å². The van der Waals surface area contributed by atoms with Gasteiger partial charge in [0.15, 0.2) is 0 Å². The first kappa shape index (κ1) is 31.0. The first-order valence-electron chi connectivity index (χ1n) is 17.1. The molecule has 0 radical (unpaired) electrons. The predicted octanol–water partition coefficient (Wildman–Crippen LogP) is 4.69. The standard InChI is InChI=1S/C36H50N4O4/c1-27(22-28-10-4-2-5-11-28)33(42)39-19-16-36(44,35(25-39)14-8-9-15-35)26-40-24-31(34(43)38-20-17-37-18-21-38)30(23-32(40)41)29-12-6-3-7-13-29/h3,6-7,12-13,23-24,27-28,37,44H,2,4-5,8-11,14-22,25-26H2,1H3/t27?,36-/m0/s1. The maximum atomic E-state index is 13.9. The minimum atomic E-state index is -1.14. The van der Waals surface area contributed by atoms with Crippen LogP contribution in [-0.2, 0) is 11.3 Å². The molecule has 2 atom stereocenters. The molecule has 4 fully saturated rings. The normalized spacial score (nSPS) is 24.9. The Morgan fingerprint density at radius 3 is 2.36 bits per heavy atom. The van der Waals surface area contributed by atoms with Gasteiger partial charge in [-0.3, -0.25) is 14.4 Å². The number of carbonyl (C=O) groups is 2. The fraction of sp³-hybridized carbons (Fsp3) is 0.639. The van der Waals surface area contributed by atoms with Gasteiger partial charge in [-0.1, -0.05) is 82.2 Å². The Kier molecular flexibility index (Phi) is 9.29. The molecular formula is C36H50N4O4. The number of carbonyl (C=O) groups excluding carboxylic acids is 2. The number of nitrogens with one attached hydrogen (secondary N) is 1. The number of nitrogens with zero attached hydrogens (tertiary/aromatic N) is 3. The maximum absolute atomic E-state index is 13.9. The third-order valence-corrected chi connectivity index (χ3v) is 11.3. The number of piperidine rings is 1. The molecule has 8 heteroatoms. The van der Waals surface area contributed by atoms with E-state index in [-0.39, 0.29) is 29.8 Å². The van der Waals surface area contributed by atoms with Crippen molar-refractivity contribution in [2.45, 2.75) is 89.7 Å². The van der Waals surface area contributed by atoms with Crippen LogP contribution in [0.4, 0.5) is 0 Å². The van der Waals surface area contributed by atoms with Gasteiger partial charge in [0.25, 0.3) is 11.5 Å². The number of likely N-dealkylation sites (tertiary alicyclic amines) is 1. The summed E-state index contributed by atoms with van der Waals surface area (Å²) in [5.74, 6) is 0.773. The molecule has 0 bridgehead atoms. The monoisotopic (exact) mass is 602 g/mol. The van der Waals surface area contributed by atoms with Crippen LogP contribution in [0.3, 0.4) is 0 Å². The SMILES string of the molecule is CC(CC1CCCCC1)C(=O)N1CC[C@](O)(Cn2cc(C(=O)N3CCNCC3)c(-c3ccccc3)cc2=O)C2(CCCC2)C1. The van der Waals surface area contributed by atoms with Gasteiger partial charge in [-0.25, -0.2) is 0 Å². The van der Waals surface area contributed by atoms with Crippen molar-refractivity contribution in [3.63, 3.8) is 0 Å². The van der Waals surface area contributed by atoms with Crippen molar-refractivity contribution in [2.24, 2.45) is 17.3 Å². The molecular weight excluding hydrogens is 552 g/mol. The molecule has 1 aromatic heterocycles. The van der Waals surface area contributed by atoms with Crippen molar-refractivity contribution in [3.8, 4) is 11.1 Å². The quantitative estimate of drug-likeness (QED) is 0.480. The minimum Gasteiger partial charge on any atom is -0.387 e. The van der Waals surface area contributed by atoms with E-state index in [1.807, 2.05) is 40.1 Å². The molecule has 1 unspecified atom stereocenters. The highest BCUT2D eigenvalue weighted by molar-refractivity contribution is 6.00. The van der Waals surface area contributed by atoms with Crippen LogP contribution in [0, 0.1) is 17.3 Å². The molecule has 8 nitrogen and oxygen atoms in total. The van der Waals surface area contributed by atoms with Crippen molar-refractivity contribution in [2.75, 3.05) is 39.3 Å². The molecule has 1 spiro atoms. The largest absolute Gasteiger partial charge is 0.387 e. The summed E-state index contributed by atoms with van der Waals surface area (Å²) in [7, 11) is 0. The summed E-state index contributed by atoms with van der Waals surface area (Å²) in [6.07, 6.45) is 13.1. The van der Waals surface area contributed by atoms with Crippen LogP contribution in [0.2, 0.25) is 0 Å². The van der Waals surface area contributed by atoms with E-state index in [9.17, 15) is 19.5 Å². The Hall–Kier alpha value is -2.97. The highest BCUT2D eigenvalue weighted by Crippen LogP contribution is 2.52. The van der Waals surface area contributed by atoms with E-state index in [1.54, 1.807) is 16.8 Å². The molecule has 2 aliphatic carbocycles. The number of pyridine rings is 1. The number of hydrogen-bond donors (Lipinski definition) is 2. The van der Waals surface area contributed by atoms with Crippen LogP contribution < -0.4 is 10.9 Å². The lowest BCUT2D eigenvalue weighted by atomic mass is 9.65. The van der Waals surface area contributed by atoms with Gasteiger partial charge >= 0.3 is 0 Å². The maximum Gasteiger partial charge on any atom is 0.256 e. The zero-order valence-corrected chi connectivity index (χ0v) is 26.4. The molecule has 44 heavy (non-hydrogen) atoms. The van der Waals surface area contributed by atoms with E-state index >= 15 is 0 Å². The van der Waals surface area contributed by atoms with Crippen molar-refractivity contribution in [1.29, 1.82) is 0 Å². The van der Waals surface area contributed by atoms with Crippen molar-refractivity contribution in [1.82, 2.24) is 19.7 Å². The Morgan fingerprint density at radius 2 is 1.66 bits per heavy atom. The molecule has 2 saturated heterocycles. The van der Waals surface area contributed by atoms with Crippen LogP contribution in [0.15, 0.2) is 47.4 Å². The summed E-state index contributed by atoms with van der Waals surface area (Å²) < 4.78 is 1.57. The first-order chi connectivity index (χ1) is 21.3. The molecule has 238 valence electrons. The molecule has 2 N–H and O–H groups in total. The Morgan fingerprint density at radius 1 is 0.955 bits per heavy atom. The Balaban J connectivity index is 1.26. The number of aliphatic hydroxyl groups is 1. The summed E-state index contributed by atoms with van der Waals surface area (Å²) in [6.45, 7) is 5.96. The first-order valence-corrected chi connectivity index (χ1v) is 17.1. The summed E-state index contributed by atoms with van der Waals surface area (Å²) in [5, 5.41) is 15.8. The third kappa shape index (κ3) is 6.25. The fourth-order valence-electron chi connectivity index (χ4n) is 8.67. The van der Waals surface area contributed by atoms with Gasteiger partial charge < -0.3 is 24.8 Å². The zero-order valence-electron chi connectivity index (χ0n) is 26.4. The number of amides is 2. The lowest BCUT2D eigenvalue weighted by Gasteiger charge is -2.53. The lowest BCUT2D eigenvalue weighted by Crippen LogP contribution is -2.62. The van der Waals surface area contributed by atoms with Gasteiger partial charge in [-0.15, -0.1) is 0 Å². The van der Waals surface area contributed by atoms with E-state index in [0.717, 1.165) is 50.8 Å². The molecule has 2 saturated carbocycles.